The minimum absolute atomic E-state index is 0.519. The van der Waals surface area contributed by atoms with E-state index in [1.54, 1.807) is 0 Å². The van der Waals surface area contributed by atoms with E-state index in [1.165, 1.54) is 5.69 Å². The molecule has 0 unspecified atom stereocenters. The Labute approximate surface area is 74.3 Å². The van der Waals surface area contributed by atoms with Crippen LogP contribution in [0.2, 0.25) is 0 Å². The molecule has 0 spiro atoms. The Hall–Kier alpha value is -0.920. The Morgan fingerprint density at radius 3 is 2.33 bits per heavy atom. The fourth-order valence-electron chi connectivity index (χ4n) is 1.30. The lowest BCUT2D eigenvalue weighted by atomic mass is 10.1. The van der Waals surface area contributed by atoms with Gasteiger partial charge in [-0.2, -0.15) is 4.57 Å². The van der Waals surface area contributed by atoms with Crippen molar-refractivity contribution < 1.29 is 4.57 Å². The fraction of sp³-hybridized carbons (Fsp3) is 0.600. The Morgan fingerprint density at radius 2 is 1.92 bits per heavy atom. The van der Waals surface area contributed by atoms with Crippen LogP contribution in [-0.2, 0) is 0 Å². The lowest BCUT2D eigenvalue weighted by molar-refractivity contribution is -0.724. The monoisotopic (exact) mass is 165 g/mol. The van der Waals surface area contributed by atoms with Crippen LogP contribution in [0.1, 0.15) is 45.3 Å². The Kier molecular flexibility index (Phi) is 2.79. The van der Waals surface area contributed by atoms with E-state index in [2.05, 4.69) is 37.2 Å². The first kappa shape index (κ1) is 9.17. The molecule has 66 valence electrons. The van der Waals surface area contributed by atoms with Crippen molar-refractivity contribution in [3.05, 3.63) is 24.3 Å². The van der Waals surface area contributed by atoms with Crippen LogP contribution in [0.25, 0.3) is 0 Å². The number of hydrogen-bond donors (Lipinski definition) is 0. The third-order valence-electron chi connectivity index (χ3n) is 1.97. The van der Waals surface area contributed by atoms with Crippen molar-refractivity contribution in [3.63, 3.8) is 0 Å². The van der Waals surface area contributed by atoms with E-state index >= 15 is 0 Å². The second-order valence-corrected chi connectivity index (χ2v) is 3.66. The van der Waals surface area contributed by atoms with Crippen molar-refractivity contribution in [1.29, 1.82) is 0 Å². The molecule has 1 heterocycles. The van der Waals surface area contributed by atoms with Gasteiger partial charge >= 0.3 is 0 Å². The van der Waals surface area contributed by atoms with Crippen molar-refractivity contribution >= 4 is 0 Å². The molecule has 0 atom stereocenters. The fourth-order valence-corrected chi connectivity index (χ4v) is 1.30. The van der Waals surface area contributed by atoms with E-state index in [0.717, 1.165) is 0 Å². The predicted molar refractivity (Wildman–Crippen MR) is 48.9 cm³/mol. The summed E-state index contributed by atoms with van der Waals surface area (Å²) < 4.78 is 2.26. The summed E-state index contributed by atoms with van der Waals surface area (Å²) >= 11 is 0. The molecule has 0 amide bonds. The highest BCUT2D eigenvalue weighted by Gasteiger charge is 2.16. The van der Waals surface area contributed by atoms with Gasteiger partial charge in [0.05, 0.1) is 12.4 Å². The van der Waals surface area contributed by atoms with Crippen LogP contribution >= 0.6 is 0 Å². The molecule has 1 rings (SSSR count). The molecule has 12 heavy (non-hydrogen) atoms. The van der Waals surface area contributed by atoms with Crippen LogP contribution in [0.15, 0.2) is 18.6 Å². The largest absolute Gasteiger partial charge is 0.252 e. The molecule has 0 aromatic carbocycles. The lowest BCUT2D eigenvalue weighted by Crippen LogP contribution is -2.40. The molecular weight excluding hydrogens is 148 g/mol. The van der Waals surface area contributed by atoms with E-state index in [-0.39, 0.29) is 0 Å². The molecule has 0 fully saturated rings. The highest BCUT2D eigenvalue weighted by molar-refractivity contribution is 4.92. The van der Waals surface area contributed by atoms with Gasteiger partial charge in [0.2, 0.25) is 5.69 Å². The summed E-state index contributed by atoms with van der Waals surface area (Å²) in [6.45, 7) is 8.75. The van der Waals surface area contributed by atoms with E-state index in [1.807, 2.05) is 18.6 Å². The van der Waals surface area contributed by atoms with E-state index in [9.17, 15) is 0 Å². The van der Waals surface area contributed by atoms with Crippen LogP contribution in [0.3, 0.4) is 0 Å². The second kappa shape index (κ2) is 3.65. The third kappa shape index (κ3) is 1.81. The minimum Gasteiger partial charge on any atom is -0.252 e. The average Bonchev–Trinajstić information content (AvgIpc) is 2.04. The van der Waals surface area contributed by atoms with Crippen LogP contribution in [-0.4, -0.2) is 4.98 Å². The van der Waals surface area contributed by atoms with Gasteiger partial charge in [0.1, 0.15) is 0 Å². The number of aromatic nitrogens is 2. The summed E-state index contributed by atoms with van der Waals surface area (Å²) in [5.74, 6) is 0.543. The molecule has 0 aliphatic carbocycles. The molecule has 2 heteroatoms. The summed E-state index contributed by atoms with van der Waals surface area (Å²) in [4.78, 5) is 4.13. The van der Waals surface area contributed by atoms with Crippen molar-refractivity contribution in [2.75, 3.05) is 0 Å². The first-order valence-corrected chi connectivity index (χ1v) is 4.48. The van der Waals surface area contributed by atoms with Gasteiger partial charge in [0.15, 0.2) is 12.2 Å². The van der Waals surface area contributed by atoms with E-state index in [0.29, 0.717) is 12.0 Å². The number of nitrogens with zero attached hydrogens (tertiary/aromatic N) is 2. The van der Waals surface area contributed by atoms with Gasteiger partial charge < -0.3 is 0 Å². The van der Waals surface area contributed by atoms with Crippen LogP contribution in [0.4, 0.5) is 0 Å². The first-order chi connectivity index (χ1) is 5.63. The lowest BCUT2D eigenvalue weighted by Gasteiger charge is -2.07. The maximum Gasteiger partial charge on any atom is 0.202 e. The van der Waals surface area contributed by atoms with Crippen LogP contribution < -0.4 is 4.57 Å². The SMILES string of the molecule is CC(C)c1cncc[n+]1C(C)C. The van der Waals surface area contributed by atoms with Gasteiger partial charge in [-0.3, -0.25) is 4.98 Å². The van der Waals surface area contributed by atoms with Crippen molar-refractivity contribution in [2.24, 2.45) is 0 Å². The van der Waals surface area contributed by atoms with Crippen molar-refractivity contribution in [2.45, 2.75) is 39.7 Å². The number of rotatable bonds is 2. The van der Waals surface area contributed by atoms with Crippen molar-refractivity contribution in [3.8, 4) is 0 Å². The van der Waals surface area contributed by atoms with Crippen LogP contribution in [0.5, 0.6) is 0 Å². The normalized spacial score (nSPS) is 11.2. The summed E-state index contributed by atoms with van der Waals surface area (Å²) in [5.41, 5.74) is 1.30. The quantitative estimate of drug-likeness (QED) is 0.613. The maximum absolute atomic E-state index is 4.13. The van der Waals surface area contributed by atoms with Gasteiger partial charge in [-0.15, -0.1) is 0 Å². The average molecular weight is 165 g/mol. The maximum atomic E-state index is 4.13. The topological polar surface area (TPSA) is 16.8 Å². The summed E-state index contributed by atoms with van der Waals surface area (Å²) in [6.07, 6.45) is 5.83. The molecule has 0 aliphatic heterocycles. The first-order valence-electron chi connectivity index (χ1n) is 4.48. The minimum atomic E-state index is 0.519. The van der Waals surface area contributed by atoms with E-state index in [4.69, 9.17) is 0 Å². The molecule has 0 saturated heterocycles. The number of hydrogen-bond acceptors (Lipinski definition) is 1. The molecule has 1 aromatic heterocycles. The Balaban J connectivity index is 3.09. The zero-order valence-corrected chi connectivity index (χ0v) is 8.28. The van der Waals surface area contributed by atoms with Crippen LogP contribution in [0, 0.1) is 0 Å². The van der Waals surface area contributed by atoms with Gasteiger partial charge in [-0.05, 0) is 13.8 Å². The second-order valence-electron chi connectivity index (χ2n) is 3.66. The van der Waals surface area contributed by atoms with E-state index < -0.39 is 0 Å². The summed E-state index contributed by atoms with van der Waals surface area (Å²) in [5, 5.41) is 0. The smallest absolute Gasteiger partial charge is 0.202 e. The van der Waals surface area contributed by atoms with Gasteiger partial charge in [-0.25, -0.2) is 0 Å². The molecule has 1 aromatic rings. The summed E-state index contributed by atoms with van der Waals surface area (Å²) in [6, 6.07) is 0.519. The Morgan fingerprint density at radius 1 is 1.25 bits per heavy atom. The molecule has 2 nitrogen and oxygen atoms in total. The molecule has 0 bridgehead atoms. The van der Waals surface area contributed by atoms with Crippen molar-refractivity contribution in [1.82, 2.24) is 4.98 Å². The van der Waals surface area contributed by atoms with Gasteiger partial charge in [-0.1, -0.05) is 13.8 Å². The van der Waals surface area contributed by atoms with Gasteiger partial charge in [0.25, 0.3) is 0 Å². The standard InChI is InChI=1S/C10H17N2/c1-8(2)10-7-11-5-6-12(10)9(3)4/h5-9H,1-4H3/q+1. The predicted octanol–water partition coefficient (Wildman–Crippen LogP) is 2.07. The molecule has 0 radical (unpaired) electrons. The Bertz CT molecular complexity index is 227. The highest BCUT2D eigenvalue weighted by Crippen LogP contribution is 2.08. The molecule has 0 N–H and O–H groups in total. The zero-order valence-electron chi connectivity index (χ0n) is 8.28. The molecular formula is C10H17N2+. The third-order valence-corrected chi connectivity index (χ3v) is 1.97. The zero-order chi connectivity index (χ0) is 9.14. The summed E-state index contributed by atoms with van der Waals surface area (Å²) in [7, 11) is 0. The molecule has 0 aliphatic rings. The highest BCUT2D eigenvalue weighted by atomic mass is 15.0. The molecule has 0 saturated carbocycles. The van der Waals surface area contributed by atoms with Gasteiger partial charge in [0, 0.05) is 5.92 Å².